The van der Waals surface area contributed by atoms with Crippen LogP contribution in [0.25, 0.3) is 5.73 Å². The van der Waals surface area contributed by atoms with Crippen molar-refractivity contribution in [3.8, 4) is 0 Å². The number of nitrogens with zero attached hydrogens (tertiary/aromatic N) is 1. The van der Waals surface area contributed by atoms with E-state index < -0.39 is 28.5 Å². The van der Waals surface area contributed by atoms with E-state index in [-0.39, 0.29) is 12.8 Å². The Kier molecular flexibility index (Phi) is 23.1. The Hall–Kier alpha value is -1.61. The fraction of sp³-hybridized carbons (Fsp3) is 0.650. The molecule has 0 bridgehead atoms. The number of hydrogen-bond acceptors (Lipinski definition) is 4. The molecule has 0 aliphatic heterocycles. The number of carbonyl (C=O) groups is 2. The van der Waals surface area contributed by atoms with E-state index in [9.17, 15) is 9.59 Å². The topological polar surface area (TPSA) is 149 Å². The third-order valence-corrected chi connectivity index (χ3v) is 3.81. The molecule has 1 aromatic rings. The number of aliphatic carboxylic acids is 2. The standard InChI is InChI=1S/C11H24N.C9H9NO4.H2O.O.V/c1-2-3-4-5-6-7-8-9-10-11-12;11-8(12)4-6-2-1-3-7(10-6)5-9(13)14;;;/h12H,2-11H2,1H3;1-3H,4-5H2,(H,11,12)(H,13,14);1H2;;/q-1;;;;+1/p-1. The summed E-state index contributed by atoms with van der Waals surface area (Å²) >= 11 is -1.56. The molecular weight excluding hydrogens is 415 g/mol. The molecule has 1 rings (SSSR count). The van der Waals surface area contributed by atoms with Gasteiger partial charge in [-0.05, 0) is 12.1 Å². The summed E-state index contributed by atoms with van der Waals surface area (Å²) in [6, 6.07) is 4.71. The van der Waals surface area contributed by atoms with Gasteiger partial charge in [0.05, 0.1) is 24.2 Å². The molecule has 29 heavy (non-hydrogen) atoms. The van der Waals surface area contributed by atoms with Gasteiger partial charge in [0.15, 0.2) is 0 Å². The Balaban J connectivity index is 0. The molecule has 0 saturated heterocycles. The third-order valence-electron chi connectivity index (χ3n) is 3.81. The van der Waals surface area contributed by atoms with Crippen LogP contribution in [0.4, 0.5) is 0 Å². The Labute approximate surface area is 180 Å². The molecule has 4 N–H and O–H groups in total. The van der Waals surface area contributed by atoms with E-state index in [1.165, 1.54) is 51.4 Å². The van der Waals surface area contributed by atoms with Gasteiger partial charge in [0.25, 0.3) is 0 Å². The summed E-state index contributed by atoms with van der Waals surface area (Å²) in [5.74, 6) is -1.96. The first kappa shape index (κ1) is 29.6. The van der Waals surface area contributed by atoms with Gasteiger partial charge in [-0.1, -0.05) is 70.8 Å². The van der Waals surface area contributed by atoms with Crippen molar-refractivity contribution in [2.24, 2.45) is 0 Å². The molecule has 0 atom stereocenters. The molecule has 0 radical (unpaired) electrons. The molecule has 0 saturated carbocycles. The summed E-state index contributed by atoms with van der Waals surface area (Å²) in [5.41, 5.74) is 7.72. The van der Waals surface area contributed by atoms with Gasteiger partial charge < -0.3 is 15.9 Å². The van der Waals surface area contributed by atoms with Crippen molar-refractivity contribution in [3.05, 3.63) is 35.3 Å². The summed E-state index contributed by atoms with van der Waals surface area (Å²) in [5, 5.41) is 17.0. The van der Waals surface area contributed by atoms with E-state index in [4.69, 9.17) is 23.7 Å². The number of rotatable bonds is 13. The second-order valence-corrected chi connectivity index (χ2v) is 6.68. The molecule has 8 nitrogen and oxygen atoms in total. The van der Waals surface area contributed by atoms with Crippen LogP contribution in [0.15, 0.2) is 18.2 Å². The first-order valence-electron chi connectivity index (χ1n) is 9.90. The van der Waals surface area contributed by atoms with Crippen LogP contribution in [-0.4, -0.2) is 37.7 Å². The minimum absolute atomic E-state index is 0.187. The normalized spacial score (nSPS) is 9.48. The fourth-order valence-electron chi connectivity index (χ4n) is 2.47. The number of carboxylic acids is 2. The second-order valence-electron chi connectivity index (χ2n) is 6.42. The van der Waals surface area contributed by atoms with Crippen LogP contribution in [0, 0.1) is 0 Å². The summed E-state index contributed by atoms with van der Waals surface area (Å²) < 4.78 is 15.7. The van der Waals surface area contributed by atoms with E-state index in [2.05, 4.69) is 11.9 Å². The van der Waals surface area contributed by atoms with Gasteiger partial charge in [0.1, 0.15) is 0 Å². The number of unbranched alkanes of at least 4 members (excludes halogenated alkanes) is 8. The molecule has 1 heterocycles. The first-order valence-corrected chi connectivity index (χ1v) is 11.1. The molecule has 0 fully saturated rings. The number of carboxylic acid groups (broad SMARTS) is 2. The van der Waals surface area contributed by atoms with E-state index in [0.29, 0.717) is 17.9 Å². The van der Waals surface area contributed by atoms with Gasteiger partial charge in [0, 0.05) is 0 Å². The van der Waals surface area contributed by atoms with E-state index >= 15 is 0 Å². The quantitative estimate of drug-likeness (QED) is 0.382. The van der Waals surface area contributed by atoms with Crippen molar-refractivity contribution < 1.29 is 44.1 Å². The molecule has 0 spiro atoms. The minimum atomic E-state index is -1.56. The zero-order valence-corrected chi connectivity index (χ0v) is 18.6. The van der Waals surface area contributed by atoms with Gasteiger partial charge in [-0.25, -0.2) is 0 Å². The van der Waals surface area contributed by atoms with Crippen molar-refractivity contribution in [1.29, 1.82) is 0 Å². The average Bonchev–Trinajstić information content (AvgIpc) is 2.64. The van der Waals surface area contributed by atoms with Crippen LogP contribution in [-0.2, 0) is 42.7 Å². The van der Waals surface area contributed by atoms with Crippen molar-refractivity contribution in [3.63, 3.8) is 0 Å². The van der Waals surface area contributed by atoms with Crippen LogP contribution in [0.3, 0.4) is 0 Å². The van der Waals surface area contributed by atoms with Gasteiger partial charge in [-0.2, -0.15) is 6.54 Å². The number of hydrogen-bond donors (Lipinski definition) is 3. The van der Waals surface area contributed by atoms with Crippen LogP contribution in [0.5, 0.6) is 0 Å². The summed E-state index contributed by atoms with van der Waals surface area (Å²) in [7, 11) is 0. The summed E-state index contributed by atoms with van der Waals surface area (Å²) in [4.78, 5) is 24.6. The molecule has 0 amide bonds. The molecule has 166 valence electrons. The SMILES string of the molecule is CCCCCCCCCCC[NH-].O=C(O)Cc1cccc(CC(=O)O)n1.[O]=[V][OH]. The number of pyridine rings is 1. The van der Waals surface area contributed by atoms with Crippen LogP contribution < -0.4 is 0 Å². The monoisotopic (exact) mass is 449 g/mol. The van der Waals surface area contributed by atoms with Crippen molar-refractivity contribution in [2.75, 3.05) is 6.54 Å². The van der Waals surface area contributed by atoms with E-state index in [0.717, 1.165) is 6.42 Å². The summed E-state index contributed by atoms with van der Waals surface area (Å²) in [6.45, 7) is 2.88. The number of nitrogens with one attached hydrogen (secondary N) is 1. The van der Waals surface area contributed by atoms with Gasteiger partial charge in [-0.3, -0.25) is 14.6 Å². The van der Waals surface area contributed by atoms with Crippen molar-refractivity contribution in [2.45, 2.75) is 77.6 Å². The Bertz CT molecular complexity index is 516. The molecule has 0 aliphatic carbocycles. The predicted octanol–water partition coefficient (Wildman–Crippen LogP) is 4.23. The third kappa shape index (κ3) is 24.4. The Morgan fingerprint density at radius 2 is 1.28 bits per heavy atom. The predicted molar refractivity (Wildman–Crippen MR) is 106 cm³/mol. The molecule has 9 heteroatoms. The molecule has 1 aromatic heterocycles. The maximum absolute atomic E-state index is 10.3. The molecular formula is C20H34N2O6V-. The van der Waals surface area contributed by atoms with Crippen molar-refractivity contribution >= 4 is 11.9 Å². The van der Waals surface area contributed by atoms with Crippen molar-refractivity contribution in [1.82, 2.24) is 4.98 Å². The zero-order chi connectivity index (χ0) is 22.3. The van der Waals surface area contributed by atoms with Gasteiger partial charge >= 0.3 is 36.2 Å². The van der Waals surface area contributed by atoms with Crippen LogP contribution >= 0.6 is 0 Å². The fourth-order valence-corrected chi connectivity index (χ4v) is 2.47. The Morgan fingerprint density at radius 1 is 0.897 bits per heavy atom. The number of aromatic nitrogens is 1. The Morgan fingerprint density at radius 3 is 1.62 bits per heavy atom. The van der Waals surface area contributed by atoms with Crippen LogP contribution in [0.1, 0.15) is 76.1 Å². The molecule has 0 aromatic carbocycles. The molecule has 0 aliphatic rings. The van der Waals surface area contributed by atoms with E-state index in [1.807, 2.05) is 0 Å². The molecule has 0 unspecified atom stereocenters. The average molecular weight is 449 g/mol. The second kappa shape index (κ2) is 22.7. The van der Waals surface area contributed by atoms with E-state index in [1.54, 1.807) is 18.2 Å². The first-order chi connectivity index (χ1) is 13.9. The van der Waals surface area contributed by atoms with Gasteiger partial charge in [-0.15, -0.1) is 0 Å². The maximum atomic E-state index is 10.3. The zero-order valence-electron chi connectivity index (χ0n) is 17.2. The summed E-state index contributed by atoms with van der Waals surface area (Å²) in [6.07, 6.45) is 11.8. The van der Waals surface area contributed by atoms with Gasteiger partial charge in [0.2, 0.25) is 0 Å². The van der Waals surface area contributed by atoms with Crippen LogP contribution in [0.2, 0.25) is 0 Å².